The molecule has 4 unspecified atom stereocenters. The highest BCUT2D eigenvalue weighted by atomic mass is 16.6. The average molecular weight is 608 g/mol. The van der Waals surface area contributed by atoms with E-state index in [4.69, 9.17) is 10.5 Å². The molecule has 2 saturated carbocycles. The Kier molecular flexibility index (Phi) is 7.03. The highest BCUT2D eigenvalue weighted by Gasteiger charge is 3.02. The standard InChI is InChI=1S/C33H45N5O6/c1-17-10-11-20-18(12-17)13-19(25(40)35-20)14-21(24(34)39)36-26(41)23-33-15-32(33,31(33,8)9)16-38(23)27(42)22(29(2,3)4)37-28(43)44-30(5,6)7/h10-13,21-23H,14-16H2,1-9H3,(H2,34,39)(H,35,40)(H,36,41)(H,37,43)/t21?,22?,23?,32?,33-/m0/s1. The van der Waals surface area contributed by atoms with Gasteiger partial charge in [0.25, 0.3) is 5.56 Å². The zero-order valence-corrected chi connectivity index (χ0v) is 27.1. The average Bonchev–Trinajstić information content (AvgIpc) is 3.60. The fourth-order valence-corrected chi connectivity index (χ4v) is 7.73. The summed E-state index contributed by atoms with van der Waals surface area (Å²) < 4.78 is 5.44. The quantitative estimate of drug-likeness (QED) is 0.378. The summed E-state index contributed by atoms with van der Waals surface area (Å²) in [5.41, 5.74) is 5.10. The molecule has 0 spiro atoms. The Balaban J connectivity index is 1.41. The third-order valence-electron chi connectivity index (χ3n) is 10.2. The number of hydrogen-bond donors (Lipinski definition) is 4. The maximum Gasteiger partial charge on any atom is 0.408 e. The fraction of sp³-hybridized carbons (Fsp3) is 0.606. The predicted molar refractivity (Wildman–Crippen MR) is 166 cm³/mol. The molecule has 5 N–H and O–H groups in total. The minimum atomic E-state index is -1.17. The topological polar surface area (TPSA) is 164 Å². The van der Waals surface area contributed by atoms with E-state index < -0.39 is 52.5 Å². The number of aromatic nitrogens is 1. The summed E-state index contributed by atoms with van der Waals surface area (Å²) in [6.07, 6.45) is -0.0326. The van der Waals surface area contributed by atoms with Gasteiger partial charge in [-0.3, -0.25) is 19.2 Å². The molecule has 11 nitrogen and oxygen atoms in total. The largest absolute Gasteiger partial charge is 0.444 e. The number of nitrogens with two attached hydrogens (primary N) is 1. The van der Waals surface area contributed by atoms with E-state index in [2.05, 4.69) is 29.5 Å². The Hall–Kier alpha value is -3.89. The smallest absolute Gasteiger partial charge is 0.408 e. The lowest BCUT2D eigenvalue weighted by atomic mass is 9.79. The number of carbonyl (C=O) groups excluding carboxylic acids is 4. The molecule has 3 aliphatic rings. The van der Waals surface area contributed by atoms with Crippen molar-refractivity contribution in [2.75, 3.05) is 6.54 Å². The molecule has 5 atom stereocenters. The molecule has 2 heterocycles. The SMILES string of the molecule is Cc1ccc2[nH]c(=O)c(CC(NC(=O)C3N(C(=O)C(NC(=O)OC(C)(C)C)C(C)(C)C)CC45C[C@@]34C5(C)C)C(N)=O)cc2c1. The van der Waals surface area contributed by atoms with Crippen molar-refractivity contribution in [1.29, 1.82) is 0 Å². The zero-order valence-electron chi connectivity index (χ0n) is 27.1. The lowest BCUT2D eigenvalue weighted by molar-refractivity contribution is -0.147. The molecular weight excluding hydrogens is 562 g/mol. The lowest BCUT2D eigenvalue weighted by Gasteiger charge is -2.42. The Morgan fingerprint density at radius 2 is 1.75 bits per heavy atom. The van der Waals surface area contributed by atoms with Crippen LogP contribution in [-0.2, 0) is 25.5 Å². The number of aryl methyl sites for hydroxylation is 1. The van der Waals surface area contributed by atoms with Crippen LogP contribution in [0.15, 0.2) is 29.1 Å². The van der Waals surface area contributed by atoms with Crippen LogP contribution in [0.1, 0.15) is 72.9 Å². The summed E-state index contributed by atoms with van der Waals surface area (Å²) in [6, 6.07) is 4.33. The second kappa shape index (κ2) is 9.81. The number of hydrogen-bond acceptors (Lipinski definition) is 6. The van der Waals surface area contributed by atoms with Crippen molar-refractivity contribution < 1.29 is 23.9 Å². The highest BCUT2D eigenvalue weighted by molar-refractivity contribution is 5.97. The summed E-state index contributed by atoms with van der Waals surface area (Å²) in [5, 5.41) is 6.34. The number of rotatable bonds is 7. The minimum absolute atomic E-state index is 0.104. The number of benzene rings is 1. The van der Waals surface area contributed by atoms with Gasteiger partial charge in [-0.25, -0.2) is 4.79 Å². The van der Waals surface area contributed by atoms with E-state index in [-0.39, 0.29) is 28.7 Å². The van der Waals surface area contributed by atoms with Crippen LogP contribution in [0.4, 0.5) is 4.79 Å². The molecule has 0 bridgehead atoms. The first-order valence-electron chi connectivity index (χ1n) is 15.2. The van der Waals surface area contributed by atoms with Crippen LogP contribution in [0.5, 0.6) is 0 Å². The number of H-pyrrole nitrogens is 1. The molecule has 5 rings (SSSR count). The van der Waals surface area contributed by atoms with Gasteiger partial charge in [-0.05, 0) is 68.5 Å². The van der Waals surface area contributed by atoms with E-state index in [1.165, 1.54) is 0 Å². The molecule has 0 radical (unpaired) electrons. The number of carbonyl (C=O) groups is 4. The van der Waals surface area contributed by atoms with E-state index in [0.717, 1.165) is 17.4 Å². The molecule has 238 valence electrons. The van der Waals surface area contributed by atoms with Gasteiger partial charge in [0.15, 0.2) is 0 Å². The molecule has 11 heteroatoms. The normalized spacial score (nSPS) is 26.2. The summed E-state index contributed by atoms with van der Waals surface area (Å²) in [6.45, 7) is 17.2. The van der Waals surface area contributed by atoms with Crippen molar-refractivity contribution in [3.8, 4) is 0 Å². The van der Waals surface area contributed by atoms with Gasteiger partial charge in [-0.15, -0.1) is 0 Å². The maximum atomic E-state index is 14.2. The third kappa shape index (κ3) is 4.84. The molecule has 44 heavy (non-hydrogen) atoms. The van der Waals surface area contributed by atoms with E-state index in [9.17, 15) is 24.0 Å². The van der Waals surface area contributed by atoms with Gasteiger partial charge in [-0.1, -0.05) is 46.2 Å². The molecule has 2 aromatic rings. The number of fused-ring (bicyclic) bond motifs is 1. The molecule has 4 amide bonds. The maximum absolute atomic E-state index is 14.2. The first-order valence-corrected chi connectivity index (χ1v) is 15.2. The molecule has 1 aromatic carbocycles. The number of nitrogens with one attached hydrogen (secondary N) is 3. The number of alkyl carbamates (subject to hydrolysis) is 1. The van der Waals surface area contributed by atoms with Gasteiger partial charge in [0.2, 0.25) is 17.7 Å². The van der Waals surface area contributed by atoms with E-state index in [1.807, 2.05) is 45.9 Å². The van der Waals surface area contributed by atoms with Crippen molar-refractivity contribution in [3.63, 3.8) is 0 Å². The van der Waals surface area contributed by atoms with Gasteiger partial charge in [0, 0.05) is 34.9 Å². The van der Waals surface area contributed by atoms with Gasteiger partial charge >= 0.3 is 6.09 Å². The van der Waals surface area contributed by atoms with Crippen LogP contribution in [-0.4, -0.2) is 64.0 Å². The van der Waals surface area contributed by atoms with Crippen LogP contribution in [0, 0.1) is 28.6 Å². The number of aromatic amines is 1. The van der Waals surface area contributed by atoms with Crippen molar-refractivity contribution in [2.24, 2.45) is 27.4 Å². The first kappa shape index (κ1) is 31.5. The molecule has 3 fully saturated rings. The highest BCUT2D eigenvalue weighted by Crippen LogP contribution is 3.00. The van der Waals surface area contributed by atoms with Gasteiger partial charge in [-0.2, -0.15) is 0 Å². The summed E-state index contributed by atoms with van der Waals surface area (Å²) in [5.74, 6) is -1.67. The van der Waals surface area contributed by atoms with Crippen LogP contribution in [0.25, 0.3) is 10.9 Å². The number of pyridine rings is 1. The first-order chi connectivity index (χ1) is 20.1. The Morgan fingerprint density at radius 3 is 2.32 bits per heavy atom. The van der Waals surface area contributed by atoms with E-state index >= 15 is 0 Å². The molecule has 1 aliphatic heterocycles. The van der Waals surface area contributed by atoms with Crippen LogP contribution >= 0.6 is 0 Å². The number of nitrogens with zero attached hydrogens (tertiary/aromatic N) is 1. The predicted octanol–water partition coefficient (Wildman–Crippen LogP) is 2.92. The van der Waals surface area contributed by atoms with Gasteiger partial charge < -0.3 is 31.0 Å². The fourth-order valence-electron chi connectivity index (χ4n) is 7.73. The number of piperidine rings is 2. The van der Waals surface area contributed by atoms with Crippen LogP contribution in [0.3, 0.4) is 0 Å². The Labute approximate surface area is 257 Å². The zero-order chi connectivity index (χ0) is 32.8. The van der Waals surface area contributed by atoms with Crippen LogP contribution < -0.4 is 21.9 Å². The van der Waals surface area contributed by atoms with Crippen molar-refractivity contribution in [2.45, 2.75) is 98.9 Å². The van der Waals surface area contributed by atoms with Crippen molar-refractivity contribution >= 4 is 34.7 Å². The summed E-state index contributed by atoms with van der Waals surface area (Å²) in [4.78, 5) is 71.0. The van der Waals surface area contributed by atoms with Gasteiger partial charge in [0.05, 0.1) is 0 Å². The lowest BCUT2D eigenvalue weighted by Crippen LogP contribution is -2.63. The number of amides is 4. The van der Waals surface area contributed by atoms with E-state index in [0.29, 0.717) is 17.6 Å². The molecular formula is C33H45N5O6. The Morgan fingerprint density at radius 1 is 1.09 bits per heavy atom. The van der Waals surface area contributed by atoms with Crippen molar-refractivity contribution in [1.82, 2.24) is 20.5 Å². The van der Waals surface area contributed by atoms with Gasteiger partial charge in [0.1, 0.15) is 23.7 Å². The minimum Gasteiger partial charge on any atom is -0.444 e. The molecule has 2 aliphatic carbocycles. The molecule has 1 saturated heterocycles. The number of likely N-dealkylation sites (tertiary alicyclic amines) is 1. The van der Waals surface area contributed by atoms with Crippen LogP contribution in [0.2, 0.25) is 0 Å². The van der Waals surface area contributed by atoms with Crippen molar-refractivity contribution in [3.05, 3.63) is 45.7 Å². The second-order valence-electron chi connectivity index (χ2n) is 15.6. The summed E-state index contributed by atoms with van der Waals surface area (Å²) >= 11 is 0. The Bertz CT molecular complexity index is 1630. The monoisotopic (exact) mass is 607 g/mol. The third-order valence-corrected chi connectivity index (χ3v) is 10.2. The summed E-state index contributed by atoms with van der Waals surface area (Å²) in [7, 11) is 0. The second-order valence-corrected chi connectivity index (χ2v) is 15.6. The number of ether oxygens (including phenoxy) is 1. The number of primary amides is 1. The van der Waals surface area contributed by atoms with E-state index in [1.54, 1.807) is 31.7 Å². The molecule has 1 aromatic heterocycles.